The molecule has 15 nitrogen and oxygen atoms in total. The maximum atomic E-state index is 17.3. The van der Waals surface area contributed by atoms with Gasteiger partial charge in [-0.3, -0.25) is 29.3 Å². The molecule has 5 amide bonds. The normalized spacial score (nSPS) is 27.5. The molecule has 1 saturated carbocycles. The monoisotopic (exact) mass is 1010 g/mol. The molecule has 5 heterocycles. The Balaban J connectivity index is 0.782. The van der Waals surface area contributed by atoms with Crippen molar-refractivity contribution in [1.29, 1.82) is 0 Å². The van der Waals surface area contributed by atoms with Gasteiger partial charge in [0.1, 0.15) is 41.8 Å². The quantitative estimate of drug-likeness (QED) is 0.0913. The van der Waals surface area contributed by atoms with E-state index in [2.05, 4.69) is 20.3 Å². The van der Waals surface area contributed by atoms with Gasteiger partial charge in [0, 0.05) is 91.5 Å². The Kier molecular flexibility index (Phi) is 13.3. The number of nitrogens with zero attached hydrogens (tertiary/aromatic N) is 5. The predicted molar refractivity (Wildman–Crippen MR) is 263 cm³/mol. The number of hydrogen-bond donors (Lipinski definition) is 4. The van der Waals surface area contributed by atoms with Gasteiger partial charge in [-0.25, -0.2) is 26.9 Å². The van der Waals surface area contributed by atoms with Crippen LogP contribution in [0.4, 0.5) is 28.2 Å². The number of primary amides is 1. The Morgan fingerprint density at radius 1 is 1.05 bits per heavy atom. The Bertz CT molecular complexity index is 3000. The van der Waals surface area contributed by atoms with E-state index >= 15 is 17.6 Å². The van der Waals surface area contributed by atoms with E-state index in [4.69, 9.17) is 15.2 Å². The van der Waals surface area contributed by atoms with Gasteiger partial charge in [0.05, 0.1) is 31.7 Å². The average Bonchev–Trinajstić information content (AvgIpc) is 3.83. The van der Waals surface area contributed by atoms with Crippen molar-refractivity contribution in [2.24, 2.45) is 18.7 Å². The first kappa shape index (κ1) is 50.1. The van der Waals surface area contributed by atoms with E-state index in [1.54, 1.807) is 6.92 Å². The molecule has 5 N–H and O–H groups in total. The molecule has 4 aromatic rings. The number of nitrogens with two attached hydrogens (primary N) is 1. The number of rotatable bonds is 13. The molecule has 2 saturated heterocycles. The molecule has 6 aliphatic rings. The second-order valence-corrected chi connectivity index (χ2v) is 20.6. The fraction of sp³-hybridized carbons (Fsp3) is 0.481. The number of aromatic nitrogens is 2. The van der Waals surface area contributed by atoms with Crippen LogP contribution in [0.5, 0.6) is 5.75 Å². The number of carbonyl (C=O) groups excluding carboxylic acids is 4. The van der Waals surface area contributed by atoms with Crippen molar-refractivity contribution in [3.8, 4) is 5.75 Å². The number of halogens is 4. The van der Waals surface area contributed by atoms with E-state index in [1.807, 2.05) is 48.4 Å². The molecule has 0 bridgehead atoms. The predicted octanol–water partition coefficient (Wildman–Crippen LogP) is 6.07. The molecule has 10 rings (SSSR count). The smallest absolute Gasteiger partial charge is 0.329 e. The molecule has 2 aliphatic carbocycles. The topological polar surface area (TPSA) is 184 Å². The zero-order valence-electron chi connectivity index (χ0n) is 41.4. The lowest BCUT2D eigenvalue weighted by Gasteiger charge is -2.41. The molecule has 5 atom stereocenters. The van der Waals surface area contributed by atoms with Crippen LogP contribution in [0.3, 0.4) is 0 Å². The Morgan fingerprint density at radius 3 is 2.47 bits per heavy atom. The van der Waals surface area contributed by atoms with Gasteiger partial charge in [-0.05, 0) is 62.3 Å². The van der Waals surface area contributed by atoms with Gasteiger partial charge in [0.15, 0.2) is 28.9 Å². The maximum absolute atomic E-state index is 17.3. The van der Waals surface area contributed by atoms with Gasteiger partial charge >= 0.3 is 6.03 Å². The maximum Gasteiger partial charge on any atom is 0.329 e. The van der Waals surface area contributed by atoms with Crippen molar-refractivity contribution in [2.75, 3.05) is 50.8 Å². The Hall–Kier alpha value is -6.44. The number of aliphatic hydroxyl groups is 1. The van der Waals surface area contributed by atoms with Crippen LogP contribution >= 0.6 is 0 Å². The number of hydrogen-bond acceptors (Lipinski definition) is 9. The first-order valence-corrected chi connectivity index (χ1v) is 25.2. The van der Waals surface area contributed by atoms with E-state index in [1.165, 1.54) is 47.8 Å². The van der Waals surface area contributed by atoms with Crippen LogP contribution in [0.1, 0.15) is 98.4 Å². The summed E-state index contributed by atoms with van der Waals surface area (Å²) in [6, 6.07) is 11.6. The van der Waals surface area contributed by atoms with Crippen molar-refractivity contribution in [3.05, 3.63) is 105 Å². The van der Waals surface area contributed by atoms with Gasteiger partial charge in [0.2, 0.25) is 17.7 Å². The zero-order valence-corrected chi connectivity index (χ0v) is 41.4. The molecule has 4 aliphatic heterocycles. The second kappa shape index (κ2) is 19.4. The van der Waals surface area contributed by atoms with Gasteiger partial charge in [-0.2, -0.15) is 5.10 Å². The van der Waals surface area contributed by atoms with Crippen LogP contribution in [0, 0.1) is 30.3 Å². The van der Waals surface area contributed by atoms with Crippen LogP contribution in [0.2, 0.25) is 0 Å². The molecular weight excluding hydrogens is 949 g/mol. The summed E-state index contributed by atoms with van der Waals surface area (Å²) in [5.41, 5.74) is 3.97. The number of urea groups is 1. The number of aliphatic hydroxyl groups excluding tert-OH is 1. The third kappa shape index (κ3) is 8.69. The minimum atomic E-state index is -2.35. The number of aryl methyl sites for hydroxylation is 1. The van der Waals surface area contributed by atoms with Crippen LogP contribution < -0.4 is 26.0 Å². The molecule has 73 heavy (non-hydrogen) atoms. The van der Waals surface area contributed by atoms with Crippen molar-refractivity contribution < 1.29 is 55.9 Å². The number of amides is 5. The molecule has 1 aromatic heterocycles. The van der Waals surface area contributed by atoms with E-state index in [9.17, 15) is 24.3 Å². The van der Waals surface area contributed by atoms with Gasteiger partial charge < -0.3 is 30.5 Å². The fourth-order valence-electron chi connectivity index (χ4n) is 12.3. The van der Waals surface area contributed by atoms with Crippen molar-refractivity contribution in [1.82, 2.24) is 25.3 Å². The fourth-order valence-corrected chi connectivity index (χ4v) is 12.3. The average molecular weight is 1010 g/mol. The van der Waals surface area contributed by atoms with Gasteiger partial charge in [-0.15, -0.1) is 0 Å². The summed E-state index contributed by atoms with van der Waals surface area (Å²) in [5.74, 6) is -4.01. The van der Waals surface area contributed by atoms with Gasteiger partial charge in [0.25, 0.3) is 0 Å². The van der Waals surface area contributed by atoms with Crippen LogP contribution in [0.25, 0.3) is 16.5 Å². The number of nitrogens with one attached hydrogen (secondary N) is 2. The molecule has 3 aromatic carbocycles. The number of imide groups is 1. The zero-order chi connectivity index (χ0) is 51.7. The lowest BCUT2D eigenvalue weighted by atomic mass is 9.72. The van der Waals surface area contributed by atoms with Crippen molar-refractivity contribution >= 4 is 52.3 Å². The molecule has 386 valence electrons. The van der Waals surface area contributed by atoms with E-state index in [-0.39, 0.29) is 100 Å². The summed E-state index contributed by atoms with van der Waals surface area (Å²) in [7, 11) is 1.54. The molecule has 0 spiro atoms. The van der Waals surface area contributed by atoms with Crippen molar-refractivity contribution in [2.45, 2.75) is 107 Å². The van der Waals surface area contributed by atoms with Crippen molar-refractivity contribution in [3.63, 3.8) is 0 Å². The first-order chi connectivity index (χ1) is 34.9. The Morgan fingerprint density at radius 2 is 1.79 bits per heavy atom. The highest BCUT2D eigenvalue weighted by Crippen LogP contribution is 2.56. The number of benzene rings is 3. The minimum Gasteiger partial charge on any atom is -0.480 e. The highest BCUT2D eigenvalue weighted by atomic mass is 19.1. The number of ether oxygens (including phenoxy) is 2. The summed E-state index contributed by atoms with van der Waals surface area (Å²) in [6.45, 7) is 6.30. The molecule has 0 radical (unpaired) electrons. The summed E-state index contributed by atoms with van der Waals surface area (Å²) in [4.78, 5) is 54.2. The molecule has 3 unspecified atom stereocenters. The molecular formula is C54H61F4N8O7+. The lowest BCUT2D eigenvalue weighted by Crippen LogP contribution is -2.60. The van der Waals surface area contributed by atoms with Crippen LogP contribution in [0.15, 0.2) is 60.2 Å². The minimum absolute atomic E-state index is 0.0199. The van der Waals surface area contributed by atoms with Gasteiger partial charge in [-0.1, -0.05) is 49.4 Å². The second-order valence-electron chi connectivity index (χ2n) is 20.6. The standard InChI is InChI=1S/C54H60F4N8O7/c1-29-38(55)25-40-44(43(29)46-36(49(59)69)14-15-41(53(46,3)58)72-23-22-67)30(2)54(73-40,33-8-6-5-7-9-33)28-60-34-12-10-32(11-13-34)51(70)65-26-35(27-65)64-19-16-31(17-20-64)45-39(56)24-37-48(47(45)57)63(4)62-50(37)66-21-18-42(68)61-52(66)71/h5-9,14-15,19,24-25,30-32,34-35,41,60,67H,10-13,16-18,20-23,26-28H2,1-4H3,(H2-,59,61,68,69,71)/p+1/t30?,31?,32?,34?,41?,53-,54-/m0/s1. The molecule has 19 heteroatoms. The number of alkyl halides is 1. The lowest BCUT2D eigenvalue weighted by molar-refractivity contribution is -0.579. The number of carbonyl (C=O) groups is 4. The summed E-state index contributed by atoms with van der Waals surface area (Å²) >= 11 is 0. The van der Waals surface area contributed by atoms with E-state index in [0.717, 1.165) is 18.4 Å². The highest BCUT2D eigenvalue weighted by molar-refractivity contribution is 6.09. The molecule has 3 fully saturated rings. The summed E-state index contributed by atoms with van der Waals surface area (Å²) in [5, 5.41) is 19.9. The third-order valence-corrected chi connectivity index (χ3v) is 16.3. The SMILES string of the molecule is Cc1c(F)cc2c(c1C1=C(C(N)=O)C=CC(OCCO)[C@]1(C)F)C(C)[C@@](CNC1CCC(C(=O)N3CC([N+]4=CCC(c5c(F)cc6c(N7CCC(=O)NC7=O)nn(C)c6c5F)CC4)C3)CC1)(c1ccccc1)O2. The Labute approximate surface area is 420 Å². The summed E-state index contributed by atoms with van der Waals surface area (Å²) in [6.07, 6.45) is 7.35. The van der Waals surface area contributed by atoms with E-state index in [0.29, 0.717) is 57.4 Å². The van der Waals surface area contributed by atoms with Crippen LogP contribution in [-0.4, -0.2) is 124 Å². The third-order valence-electron chi connectivity index (χ3n) is 16.3. The number of likely N-dealkylation sites (tertiary alicyclic amines) is 1. The highest BCUT2D eigenvalue weighted by Gasteiger charge is 2.53. The number of fused-ring (bicyclic) bond motifs is 2. The first-order valence-electron chi connectivity index (χ1n) is 25.2. The number of anilines is 1. The van der Waals surface area contributed by atoms with E-state index < -0.39 is 64.5 Å². The van der Waals surface area contributed by atoms with Crippen LogP contribution in [-0.2, 0) is 31.8 Å². The largest absolute Gasteiger partial charge is 0.480 e. The summed E-state index contributed by atoms with van der Waals surface area (Å²) < 4.78 is 81.6.